The normalized spacial score (nSPS) is 20.8. The Kier molecular flexibility index (Phi) is 8.72. The molecule has 0 bridgehead atoms. The van der Waals surface area contributed by atoms with Crippen LogP contribution in [0.2, 0.25) is 0 Å². The molecule has 3 aliphatic rings. The summed E-state index contributed by atoms with van der Waals surface area (Å²) in [6.45, 7) is 8.52. The first kappa shape index (κ1) is 27.1. The Hall–Kier alpha value is -3.51. The average molecular weight is 531 g/mol. The molecule has 2 aliphatic carbocycles. The molecule has 39 heavy (non-hydrogen) atoms. The molecule has 0 unspecified atom stereocenters. The molecule has 0 aromatic heterocycles. The fourth-order valence-electron chi connectivity index (χ4n) is 5.12. The van der Waals surface area contributed by atoms with Gasteiger partial charge in [-0.15, -0.1) is 0 Å². The van der Waals surface area contributed by atoms with Gasteiger partial charge in [0, 0.05) is 17.5 Å². The van der Waals surface area contributed by atoms with Gasteiger partial charge in [0.15, 0.2) is 0 Å². The van der Waals surface area contributed by atoms with Gasteiger partial charge in [-0.25, -0.2) is 0 Å². The maximum Gasteiger partial charge on any atom is 0.306 e. The molecule has 1 aliphatic heterocycles. The third-order valence-corrected chi connectivity index (χ3v) is 7.48. The van der Waals surface area contributed by atoms with Crippen LogP contribution < -0.4 is 9.47 Å². The highest BCUT2D eigenvalue weighted by Gasteiger charge is 2.27. The molecule has 206 valence electrons. The lowest BCUT2D eigenvalue weighted by Gasteiger charge is -2.19. The van der Waals surface area contributed by atoms with E-state index in [2.05, 4.69) is 43.8 Å². The Morgan fingerprint density at radius 2 is 1.95 bits per heavy atom. The number of rotatable bonds is 11. The van der Waals surface area contributed by atoms with Crippen molar-refractivity contribution in [3.05, 3.63) is 88.7 Å². The fourth-order valence-corrected chi connectivity index (χ4v) is 5.12. The molecule has 0 saturated heterocycles. The summed E-state index contributed by atoms with van der Waals surface area (Å²) in [6.07, 6.45) is 8.16. The number of hydrogen-bond acceptors (Lipinski definition) is 6. The first-order chi connectivity index (χ1) is 19.0. The van der Waals surface area contributed by atoms with Crippen LogP contribution in [0.1, 0.15) is 68.1 Å². The molecule has 0 amide bonds. The van der Waals surface area contributed by atoms with Gasteiger partial charge < -0.3 is 23.7 Å². The Bertz CT molecular complexity index is 1270. The molecular formula is C33H38O6. The Labute approximate surface area is 231 Å². The van der Waals surface area contributed by atoms with Gasteiger partial charge in [0.2, 0.25) is 0 Å². The second-order valence-electron chi connectivity index (χ2n) is 10.5. The predicted octanol–water partition coefficient (Wildman–Crippen LogP) is 6.90. The highest BCUT2D eigenvalue weighted by atomic mass is 16.5. The standard InChI is InChI=1S/C33H38O6/c1-22-6-4-9-29(23(2)16-31(22)37-15-14-36-27-10-11-27)25-8-5-7-24(17-25)20-38-28-12-13-30-26(18-33(34)35-3)21-39-32(30)19-28/h5,7-8,12-13,16-17,19,26-27H,1,4,6,9-11,14-15,18,20-21H2,2-3H3/b29-23+,31-16?/t26-/m1/s1. The summed E-state index contributed by atoms with van der Waals surface area (Å²) < 4.78 is 28.6. The van der Waals surface area contributed by atoms with Crippen LogP contribution in [0.25, 0.3) is 5.57 Å². The van der Waals surface area contributed by atoms with E-state index in [1.54, 1.807) is 0 Å². The number of ether oxygens (including phenoxy) is 5. The summed E-state index contributed by atoms with van der Waals surface area (Å²) >= 11 is 0. The van der Waals surface area contributed by atoms with Crippen molar-refractivity contribution >= 4 is 11.5 Å². The molecule has 1 fully saturated rings. The molecule has 5 rings (SSSR count). The van der Waals surface area contributed by atoms with Crippen molar-refractivity contribution < 1.29 is 28.5 Å². The van der Waals surface area contributed by atoms with E-state index in [0.717, 1.165) is 53.2 Å². The van der Waals surface area contributed by atoms with E-state index in [1.165, 1.54) is 36.7 Å². The summed E-state index contributed by atoms with van der Waals surface area (Å²) in [5, 5.41) is 0. The first-order valence-electron chi connectivity index (χ1n) is 13.9. The lowest BCUT2D eigenvalue weighted by molar-refractivity contribution is -0.141. The van der Waals surface area contributed by atoms with Crippen molar-refractivity contribution in [2.24, 2.45) is 0 Å². The number of carbonyl (C=O) groups is 1. The first-order valence-corrected chi connectivity index (χ1v) is 13.9. The van der Waals surface area contributed by atoms with Crippen LogP contribution in [-0.4, -0.2) is 39.0 Å². The summed E-state index contributed by atoms with van der Waals surface area (Å²) in [7, 11) is 1.41. The summed E-state index contributed by atoms with van der Waals surface area (Å²) in [5.74, 6) is 2.18. The SMILES string of the molecule is C=C1CCC/C(c2cccc(COc3ccc4c(c3)OC[C@H]4CC(=O)OC)c2)=C(/C)C=C1OCCOC1CC1. The molecule has 1 heterocycles. The van der Waals surface area contributed by atoms with Crippen LogP contribution in [0.4, 0.5) is 0 Å². The Morgan fingerprint density at radius 1 is 1.08 bits per heavy atom. The van der Waals surface area contributed by atoms with Gasteiger partial charge >= 0.3 is 5.97 Å². The molecule has 2 aromatic carbocycles. The van der Waals surface area contributed by atoms with E-state index in [9.17, 15) is 4.79 Å². The minimum atomic E-state index is -0.228. The van der Waals surface area contributed by atoms with Gasteiger partial charge in [-0.1, -0.05) is 30.8 Å². The van der Waals surface area contributed by atoms with Crippen LogP contribution in [0.3, 0.4) is 0 Å². The molecule has 0 radical (unpaired) electrons. The Balaban J connectivity index is 1.24. The molecule has 2 aromatic rings. The summed E-state index contributed by atoms with van der Waals surface area (Å²) in [4.78, 5) is 11.7. The quantitative estimate of drug-likeness (QED) is 0.233. The van der Waals surface area contributed by atoms with Gasteiger partial charge in [0.25, 0.3) is 0 Å². The van der Waals surface area contributed by atoms with Crippen molar-refractivity contribution in [2.75, 3.05) is 26.9 Å². The molecular weight excluding hydrogens is 492 g/mol. The monoisotopic (exact) mass is 530 g/mol. The van der Waals surface area contributed by atoms with Crippen LogP contribution in [0.15, 0.2) is 72.0 Å². The molecule has 1 atom stereocenters. The number of carbonyl (C=O) groups excluding carboxylic acids is 1. The number of benzene rings is 2. The third-order valence-electron chi connectivity index (χ3n) is 7.48. The van der Waals surface area contributed by atoms with Gasteiger partial charge in [0.05, 0.1) is 32.8 Å². The van der Waals surface area contributed by atoms with Crippen LogP contribution in [-0.2, 0) is 25.6 Å². The molecule has 0 N–H and O–H groups in total. The van der Waals surface area contributed by atoms with Gasteiger partial charge in [0.1, 0.15) is 30.5 Å². The molecule has 6 heteroatoms. The minimum Gasteiger partial charge on any atom is -0.492 e. The lowest BCUT2D eigenvalue weighted by Crippen LogP contribution is -2.09. The maximum atomic E-state index is 11.7. The number of allylic oxidation sites excluding steroid dienone is 4. The van der Waals surface area contributed by atoms with Crippen molar-refractivity contribution in [3.8, 4) is 11.5 Å². The van der Waals surface area contributed by atoms with Crippen LogP contribution in [0, 0.1) is 0 Å². The van der Waals surface area contributed by atoms with Crippen molar-refractivity contribution in [3.63, 3.8) is 0 Å². The number of esters is 1. The zero-order valence-corrected chi connectivity index (χ0v) is 23.0. The zero-order chi connectivity index (χ0) is 27.2. The molecule has 6 nitrogen and oxygen atoms in total. The number of methoxy groups -OCH3 is 1. The second kappa shape index (κ2) is 12.6. The van der Waals surface area contributed by atoms with Gasteiger partial charge in [-0.2, -0.15) is 0 Å². The maximum absolute atomic E-state index is 11.7. The zero-order valence-electron chi connectivity index (χ0n) is 23.0. The van der Waals surface area contributed by atoms with Crippen molar-refractivity contribution in [1.29, 1.82) is 0 Å². The van der Waals surface area contributed by atoms with Gasteiger partial charge in [-0.05, 0) is 85.1 Å². The summed E-state index contributed by atoms with van der Waals surface area (Å²) in [6, 6.07) is 14.4. The van der Waals surface area contributed by atoms with Gasteiger partial charge in [-0.3, -0.25) is 4.79 Å². The highest BCUT2D eigenvalue weighted by Crippen LogP contribution is 2.39. The van der Waals surface area contributed by atoms with Crippen molar-refractivity contribution in [2.45, 2.75) is 64.1 Å². The fraction of sp³-hybridized carbons (Fsp3) is 0.424. The predicted molar refractivity (Wildman–Crippen MR) is 151 cm³/mol. The van der Waals surface area contributed by atoms with Crippen LogP contribution >= 0.6 is 0 Å². The largest absolute Gasteiger partial charge is 0.492 e. The van der Waals surface area contributed by atoms with E-state index in [-0.39, 0.29) is 11.9 Å². The Morgan fingerprint density at radius 3 is 2.77 bits per heavy atom. The average Bonchev–Trinajstić information content (AvgIpc) is 3.69. The van der Waals surface area contributed by atoms with E-state index < -0.39 is 0 Å². The lowest BCUT2D eigenvalue weighted by atomic mass is 9.90. The van der Waals surface area contributed by atoms with E-state index in [1.807, 2.05) is 18.2 Å². The topological polar surface area (TPSA) is 63.2 Å². The minimum absolute atomic E-state index is 0.0201. The molecule has 1 saturated carbocycles. The number of hydrogen-bond donors (Lipinski definition) is 0. The van der Waals surface area contributed by atoms with E-state index >= 15 is 0 Å². The van der Waals surface area contributed by atoms with E-state index in [0.29, 0.717) is 39.0 Å². The number of fused-ring (bicyclic) bond motifs is 1. The summed E-state index contributed by atoms with van der Waals surface area (Å²) in [5.41, 5.74) is 6.90. The van der Waals surface area contributed by atoms with Crippen molar-refractivity contribution in [1.82, 2.24) is 0 Å². The third kappa shape index (κ3) is 7.12. The second-order valence-corrected chi connectivity index (χ2v) is 10.5. The van der Waals surface area contributed by atoms with E-state index in [4.69, 9.17) is 23.7 Å². The van der Waals surface area contributed by atoms with Crippen LogP contribution in [0.5, 0.6) is 11.5 Å². The highest BCUT2D eigenvalue weighted by molar-refractivity contribution is 5.72. The molecule has 0 spiro atoms. The smallest absolute Gasteiger partial charge is 0.306 e.